The van der Waals surface area contributed by atoms with Crippen LogP contribution in [0.4, 0.5) is 10.5 Å². The number of β-lactam (4-membered cyclic amide) rings is 1. The van der Waals surface area contributed by atoms with Crippen LogP contribution in [0.3, 0.4) is 0 Å². The van der Waals surface area contributed by atoms with Crippen molar-refractivity contribution in [2.24, 2.45) is 5.92 Å². The van der Waals surface area contributed by atoms with Gasteiger partial charge in [0.15, 0.2) is 0 Å². The summed E-state index contributed by atoms with van der Waals surface area (Å²) in [6, 6.07) is 4.32. The third kappa shape index (κ3) is 2.96. The van der Waals surface area contributed by atoms with E-state index < -0.39 is 30.0 Å². The van der Waals surface area contributed by atoms with Gasteiger partial charge >= 0.3 is 12.0 Å². The minimum absolute atomic E-state index is 0.0638. The number of aromatic hydroxyl groups is 1. The number of hydrogen-bond acceptors (Lipinski definition) is 5. The number of carboxylic acids is 1. The molecule has 0 aliphatic carbocycles. The van der Waals surface area contributed by atoms with Gasteiger partial charge in [0.05, 0.1) is 6.04 Å². The molecule has 4 amide bonds. The molecular weight excluding hydrogens is 380 g/mol. The number of phenols is 1. The first kappa shape index (κ1) is 18.8. The molecule has 0 spiro atoms. The van der Waals surface area contributed by atoms with Gasteiger partial charge in [-0.05, 0) is 36.3 Å². The zero-order valence-electron chi connectivity index (χ0n) is 15.6. The Balaban J connectivity index is 1.55. The number of nitrogens with zero attached hydrogens (tertiary/aromatic N) is 2. The lowest BCUT2D eigenvalue weighted by Gasteiger charge is -2.53. The van der Waals surface area contributed by atoms with Crippen molar-refractivity contribution in [3.8, 4) is 5.75 Å². The van der Waals surface area contributed by atoms with E-state index in [9.17, 15) is 29.4 Å². The van der Waals surface area contributed by atoms with E-state index in [2.05, 4.69) is 10.6 Å². The van der Waals surface area contributed by atoms with Crippen LogP contribution in [0.2, 0.25) is 0 Å². The third-order valence-corrected chi connectivity index (χ3v) is 5.64. The lowest BCUT2D eigenvalue weighted by molar-refractivity contribution is -0.160. The Morgan fingerprint density at radius 3 is 2.52 bits per heavy atom. The van der Waals surface area contributed by atoms with Crippen LogP contribution in [0.1, 0.15) is 13.3 Å². The van der Waals surface area contributed by atoms with Crippen LogP contribution in [-0.2, 0) is 14.4 Å². The SMILES string of the molecule is CC(=O)NCC1=C(C(=O)O)N2C(=O)[C@@H]3[C@H]2C1CCN3C(=O)Nc1ccc(O)cc1. The van der Waals surface area contributed by atoms with Crippen molar-refractivity contribution in [1.82, 2.24) is 15.1 Å². The Morgan fingerprint density at radius 1 is 1.21 bits per heavy atom. The molecule has 0 saturated carbocycles. The number of hydrogen-bond donors (Lipinski definition) is 4. The van der Waals surface area contributed by atoms with E-state index in [1.54, 1.807) is 12.1 Å². The van der Waals surface area contributed by atoms with Crippen molar-refractivity contribution in [2.75, 3.05) is 18.4 Å². The summed E-state index contributed by atoms with van der Waals surface area (Å²) < 4.78 is 0. The van der Waals surface area contributed by atoms with Crippen molar-refractivity contribution in [3.05, 3.63) is 35.5 Å². The molecule has 3 heterocycles. The number of likely N-dealkylation sites (tertiary alicyclic amines) is 1. The maximum Gasteiger partial charge on any atom is 0.352 e. The van der Waals surface area contributed by atoms with Crippen molar-refractivity contribution in [2.45, 2.75) is 25.4 Å². The van der Waals surface area contributed by atoms with Gasteiger partial charge in [-0.1, -0.05) is 0 Å². The summed E-state index contributed by atoms with van der Waals surface area (Å²) in [5.41, 5.74) is 0.906. The summed E-state index contributed by atoms with van der Waals surface area (Å²) in [6.45, 7) is 1.69. The summed E-state index contributed by atoms with van der Waals surface area (Å²) in [5, 5.41) is 24.3. The maximum atomic E-state index is 12.8. The highest BCUT2D eigenvalue weighted by Crippen LogP contribution is 2.48. The number of aliphatic carboxylic acids is 1. The second-order valence-corrected chi connectivity index (χ2v) is 7.30. The molecule has 1 aromatic rings. The monoisotopic (exact) mass is 400 g/mol. The Hall–Kier alpha value is -3.56. The minimum Gasteiger partial charge on any atom is -0.508 e. The molecule has 0 bridgehead atoms. The predicted octanol–water partition coefficient (Wildman–Crippen LogP) is 0.314. The van der Waals surface area contributed by atoms with Crippen molar-refractivity contribution < 1.29 is 29.4 Å². The highest BCUT2D eigenvalue weighted by atomic mass is 16.4. The molecule has 4 rings (SSSR count). The lowest BCUT2D eigenvalue weighted by Crippen LogP contribution is -2.74. The van der Waals surface area contributed by atoms with Crippen LogP contribution < -0.4 is 10.6 Å². The number of carboxylic acid groups (broad SMARTS) is 1. The predicted molar refractivity (Wildman–Crippen MR) is 99.7 cm³/mol. The Labute approximate surface area is 165 Å². The zero-order chi connectivity index (χ0) is 20.9. The first-order valence-corrected chi connectivity index (χ1v) is 9.20. The van der Waals surface area contributed by atoms with Gasteiger partial charge < -0.3 is 25.7 Å². The van der Waals surface area contributed by atoms with Gasteiger partial charge in [0.1, 0.15) is 17.5 Å². The highest BCUT2D eigenvalue weighted by molar-refractivity contribution is 6.04. The van der Waals surface area contributed by atoms with Gasteiger partial charge in [-0.2, -0.15) is 0 Å². The standard InChI is InChI=1S/C19H20N4O6/c1-9(24)20-8-13-12-6-7-22(19(29)21-10-2-4-11(25)5-3-10)16-14(12)23(17(16)26)15(13)18(27)28/h2-5,12,14,16,25H,6-8H2,1H3,(H,20,24)(H,21,29)(H,27,28)/t12?,14-,16+/m1/s1. The Bertz CT molecular complexity index is 941. The number of piperidine rings is 1. The van der Waals surface area contributed by atoms with E-state index >= 15 is 0 Å². The van der Waals surface area contributed by atoms with Gasteiger partial charge in [-0.25, -0.2) is 9.59 Å². The van der Waals surface area contributed by atoms with Crippen LogP contribution in [0.5, 0.6) is 5.75 Å². The van der Waals surface area contributed by atoms with Crippen molar-refractivity contribution in [1.29, 1.82) is 0 Å². The Morgan fingerprint density at radius 2 is 1.90 bits per heavy atom. The molecule has 3 atom stereocenters. The summed E-state index contributed by atoms with van der Waals surface area (Å²) in [7, 11) is 0. The van der Waals surface area contributed by atoms with Crippen LogP contribution in [-0.4, -0.2) is 69.0 Å². The molecular formula is C19H20N4O6. The first-order chi connectivity index (χ1) is 13.8. The van der Waals surface area contributed by atoms with E-state index in [4.69, 9.17) is 0 Å². The first-order valence-electron chi connectivity index (χ1n) is 9.20. The fourth-order valence-electron chi connectivity index (χ4n) is 4.41. The fraction of sp³-hybridized carbons (Fsp3) is 0.368. The topological polar surface area (TPSA) is 139 Å². The second kappa shape index (κ2) is 6.80. The van der Waals surface area contributed by atoms with E-state index in [1.165, 1.54) is 28.9 Å². The Kier molecular flexibility index (Phi) is 4.40. The summed E-state index contributed by atoms with van der Waals surface area (Å²) in [6.07, 6.45) is 0.486. The number of carbonyl (C=O) groups is 4. The van der Waals surface area contributed by atoms with E-state index in [0.29, 0.717) is 17.7 Å². The van der Waals surface area contributed by atoms with E-state index in [-0.39, 0.29) is 36.4 Å². The van der Waals surface area contributed by atoms with E-state index in [1.807, 2.05) is 0 Å². The number of amides is 4. The number of urea groups is 1. The highest BCUT2D eigenvalue weighted by Gasteiger charge is 2.64. The molecule has 1 aromatic carbocycles. The van der Waals surface area contributed by atoms with Gasteiger partial charge in [0.2, 0.25) is 5.91 Å². The molecule has 0 aromatic heterocycles. The molecule has 10 heteroatoms. The largest absolute Gasteiger partial charge is 0.508 e. The maximum absolute atomic E-state index is 12.8. The molecule has 3 aliphatic heterocycles. The van der Waals surface area contributed by atoms with Gasteiger partial charge in [0, 0.05) is 31.6 Å². The average Bonchev–Trinajstić information content (AvgIpc) is 3.00. The van der Waals surface area contributed by atoms with Crippen LogP contribution in [0.15, 0.2) is 35.5 Å². The van der Waals surface area contributed by atoms with Gasteiger partial charge in [-0.3, -0.25) is 14.5 Å². The molecule has 2 fully saturated rings. The quantitative estimate of drug-likeness (QED) is 0.424. The number of carbonyl (C=O) groups excluding carboxylic acids is 3. The number of anilines is 1. The molecule has 1 unspecified atom stereocenters. The number of phenolic OH excluding ortho intramolecular Hbond substituents is 1. The van der Waals surface area contributed by atoms with Crippen LogP contribution in [0, 0.1) is 5.92 Å². The summed E-state index contributed by atoms with van der Waals surface area (Å²) in [4.78, 5) is 51.2. The molecule has 2 saturated heterocycles. The molecule has 29 heavy (non-hydrogen) atoms. The van der Waals surface area contributed by atoms with Crippen LogP contribution >= 0.6 is 0 Å². The van der Waals surface area contributed by atoms with Crippen molar-refractivity contribution in [3.63, 3.8) is 0 Å². The van der Waals surface area contributed by atoms with Crippen molar-refractivity contribution >= 4 is 29.5 Å². The summed E-state index contributed by atoms with van der Waals surface area (Å²) in [5.74, 6) is -2.08. The third-order valence-electron chi connectivity index (χ3n) is 5.64. The number of rotatable bonds is 4. The van der Waals surface area contributed by atoms with E-state index in [0.717, 1.165) is 0 Å². The second-order valence-electron chi connectivity index (χ2n) is 7.30. The average molecular weight is 400 g/mol. The summed E-state index contributed by atoms with van der Waals surface area (Å²) >= 11 is 0. The van der Waals surface area contributed by atoms with Crippen LogP contribution in [0.25, 0.3) is 0 Å². The fourth-order valence-corrected chi connectivity index (χ4v) is 4.41. The number of benzene rings is 1. The lowest BCUT2D eigenvalue weighted by atomic mass is 9.78. The smallest absolute Gasteiger partial charge is 0.352 e. The minimum atomic E-state index is -1.22. The molecule has 10 nitrogen and oxygen atoms in total. The molecule has 4 N–H and O–H groups in total. The van der Waals surface area contributed by atoms with Gasteiger partial charge in [0.25, 0.3) is 5.91 Å². The van der Waals surface area contributed by atoms with Gasteiger partial charge in [-0.15, -0.1) is 0 Å². The molecule has 152 valence electrons. The molecule has 0 radical (unpaired) electrons. The molecule has 3 aliphatic rings. The zero-order valence-corrected chi connectivity index (χ0v) is 15.6. The normalized spacial score (nSPS) is 24.7. The number of nitrogens with one attached hydrogen (secondary N) is 2.